The van der Waals surface area contributed by atoms with Gasteiger partial charge in [0.15, 0.2) is 6.61 Å². The van der Waals surface area contributed by atoms with Gasteiger partial charge >= 0.3 is 12.0 Å². The average Bonchev–Trinajstić information content (AvgIpc) is 3.18. The third kappa shape index (κ3) is 7.85. The van der Waals surface area contributed by atoms with Crippen LogP contribution >= 0.6 is 0 Å². The molecule has 3 N–H and O–H groups in total. The molecular weight excluding hydrogens is 386 g/mol. The van der Waals surface area contributed by atoms with Crippen LogP contribution in [0.1, 0.15) is 68.8 Å². The summed E-state index contributed by atoms with van der Waals surface area (Å²) in [5.41, 5.74) is 1.63. The number of esters is 1. The molecule has 30 heavy (non-hydrogen) atoms. The highest BCUT2D eigenvalue weighted by molar-refractivity contribution is 5.96. The predicted octanol–water partition coefficient (Wildman–Crippen LogP) is 2.42. The van der Waals surface area contributed by atoms with Gasteiger partial charge in [-0.1, -0.05) is 45.7 Å². The minimum atomic E-state index is -0.693. The first kappa shape index (κ1) is 23.4. The number of rotatable bonds is 7. The van der Waals surface area contributed by atoms with Gasteiger partial charge in [-0.3, -0.25) is 19.7 Å². The van der Waals surface area contributed by atoms with Crippen LogP contribution in [-0.4, -0.2) is 43.0 Å². The molecule has 1 aromatic carbocycles. The molecule has 1 aromatic rings. The van der Waals surface area contributed by atoms with Crippen LogP contribution in [-0.2, 0) is 19.7 Å². The summed E-state index contributed by atoms with van der Waals surface area (Å²) in [6.45, 7) is 5.82. The van der Waals surface area contributed by atoms with E-state index in [2.05, 4.69) is 36.7 Å². The fourth-order valence-corrected chi connectivity index (χ4v) is 3.17. The number of benzene rings is 1. The normalized spacial score (nSPS) is 14.1. The number of nitrogens with one attached hydrogen (secondary N) is 3. The van der Waals surface area contributed by atoms with E-state index in [1.54, 1.807) is 12.1 Å². The van der Waals surface area contributed by atoms with Crippen molar-refractivity contribution in [2.24, 2.45) is 0 Å². The maximum absolute atomic E-state index is 12.1. The number of imide groups is 1. The van der Waals surface area contributed by atoms with Crippen LogP contribution in [0.4, 0.5) is 4.79 Å². The Kier molecular flexibility index (Phi) is 8.38. The smallest absolute Gasteiger partial charge is 0.321 e. The van der Waals surface area contributed by atoms with Gasteiger partial charge in [0.25, 0.3) is 11.8 Å². The second-order valence-electron chi connectivity index (χ2n) is 8.50. The summed E-state index contributed by atoms with van der Waals surface area (Å²) in [5, 5.41) is 7.49. The number of urea groups is 1. The van der Waals surface area contributed by atoms with Gasteiger partial charge < -0.3 is 15.4 Å². The number of hydrogen-bond acceptors (Lipinski definition) is 5. The third-order valence-corrected chi connectivity index (χ3v) is 4.94. The van der Waals surface area contributed by atoms with Crippen molar-refractivity contribution in [3.05, 3.63) is 35.4 Å². The highest BCUT2D eigenvalue weighted by Gasteiger charge is 2.19. The number of carbonyl (C=O) groups excluding carboxylic acids is 4. The average molecular weight is 418 g/mol. The maximum Gasteiger partial charge on any atom is 0.321 e. The summed E-state index contributed by atoms with van der Waals surface area (Å²) in [6, 6.07) is 6.82. The van der Waals surface area contributed by atoms with Crippen molar-refractivity contribution in [3.63, 3.8) is 0 Å². The largest absolute Gasteiger partial charge is 0.456 e. The number of ether oxygens (including phenoxy) is 1. The molecule has 1 saturated carbocycles. The van der Waals surface area contributed by atoms with Crippen LogP contribution in [0, 0.1) is 0 Å². The molecule has 0 saturated heterocycles. The Morgan fingerprint density at radius 2 is 1.67 bits per heavy atom. The van der Waals surface area contributed by atoms with Crippen LogP contribution in [0.25, 0.3) is 0 Å². The second-order valence-corrected chi connectivity index (χ2v) is 8.50. The molecule has 4 amide bonds. The zero-order valence-electron chi connectivity index (χ0n) is 17.9. The first-order valence-corrected chi connectivity index (χ1v) is 10.3. The van der Waals surface area contributed by atoms with E-state index >= 15 is 0 Å². The van der Waals surface area contributed by atoms with Gasteiger partial charge in [0.05, 0.1) is 6.42 Å². The Balaban J connectivity index is 1.62. The van der Waals surface area contributed by atoms with Gasteiger partial charge in [-0.15, -0.1) is 0 Å². The highest BCUT2D eigenvalue weighted by Crippen LogP contribution is 2.22. The summed E-state index contributed by atoms with van der Waals surface area (Å²) in [7, 11) is 0. The zero-order chi connectivity index (χ0) is 22.1. The molecule has 8 nitrogen and oxygen atoms in total. The molecule has 0 unspecified atom stereocenters. The molecule has 0 aromatic heterocycles. The predicted molar refractivity (Wildman–Crippen MR) is 112 cm³/mol. The summed E-state index contributed by atoms with van der Waals surface area (Å²) in [5.74, 6) is -1.61. The van der Waals surface area contributed by atoms with Gasteiger partial charge in [-0.25, -0.2) is 4.79 Å². The molecule has 1 fully saturated rings. The van der Waals surface area contributed by atoms with E-state index < -0.39 is 24.5 Å². The van der Waals surface area contributed by atoms with Crippen LogP contribution in [0.3, 0.4) is 0 Å². The Morgan fingerprint density at radius 3 is 2.27 bits per heavy atom. The van der Waals surface area contributed by atoms with Crippen LogP contribution in [0.2, 0.25) is 0 Å². The van der Waals surface area contributed by atoms with Crippen molar-refractivity contribution in [1.82, 2.24) is 16.0 Å². The van der Waals surface area contributed by atoms with Crippen molar-refractivity contribution < 1.29 is 23.9 Å². The van der Waals surface area contributed by atoms with Crippen molar-refractivity contribution in [2.45, 2.75) is 64.3 Å². The Hall–Kier alpha value is -2.90. The molecule has 0 atom stereocenters. The molecule has 0 aliphatic heterocycles. The van der Waals surface area contributed by atoms with E-state index in [0.717, 1.165) is 31.2 Å². The molecule has 1 aliphatic rings. The molecule has 8 heteroatoms. The first-order valence-electron chi connectivity index (χ1n) is 10.3. The number of hydrogen-bond donors (Lipinski definition) is 3. The monoisotopic (exact) mass is 417 g/mol. The first-order chi connectivity index (χ1) is 14.1. The fraction of sp³-hybridized carbons (Fsp3) is 0.545. The lowest BCUT2D eigenvalue weighted by molar-refractivity contribution is -0.148. The number of carbonyl (C=O) groups is 4. The van der Waals surface area contributed by atoms with Crippen LogP contribution in [0.15, 0.2) is 24.3 Å². The number of amides is 4. The minimum absolute atomic E-state index is 0.00222. The Bertz CT molecular complexity index is 762. The Labute approximate surface area is 177 Å². The van der Waals surface area contributed by atoms with Crippen molar-refractivity contribution in [1.29, 1.82) is 0 Å². The lowest BCUT2D eigenvalue weighted by Crippen LogP contribution is -2.45. The molecule has 164 valence electrons. The summed E-state index contributed by atoms with van der Waals surface area (Å²) < 4.78 is 4.83. The summed E-state index contributed by atoms with van der Waals surface area (Å²) in [6.07, 6.45) is 3.87. The van der Waals surface area contributed by atoms with Gasteiger partial charge in [-0.2, -0.15) is 0 Å². The van der Waals surface area contributed by atoms with E-state index in [-0.39, 0.29) is 30.3 Å². The van der Waals surface area contributed by atoms with E-state index in [9.17, 15) is 19.2 Å². The maximum atomic E-state index is 12.1. The van der Waals surface area contributed by atoms with Gasteiger partial charge in [0, 0.05) is 18.2 Å². The van der Waals surface area contributed by atoms with Crippen LogP contribution in [0.5, 0.6) is 0 Å². The fourth-order valence-electron chi connectivity index (χ4n) is 3.17. The lowest BCUT2D eigenvalue weighted by Gasteiger charge is -2.19. The minimum Gasteiger partial charge on any atom is -0.456 e. The molecule has 0 radical (unpaired) electrons. The highest BCUT2D eigenvalue weighted by atomic mass is 16.5. The van der Waals surface area contributed by atoms with Crippen molar-refractivity contribution in [2.75, 3.05) is 13.2 Å². The molecular formula is C22H31N3O5. The van der Waals surface area contributed by atoms with Gasteiger partial charge in [-0.05, 0) is 36.0 Å². The van der Waals surface area contributed by atoms with E-state index in [4.69, 9.17) is 4.74 Å². The van der Waals surface area contributed by atoms with Crippen LogP contribution < -0.4 is 16.0 Å². The second kappa shape index (κ2) is 10.8. The quantitative estimate of drug-likeness (QED) is 0.590. The topological polar surface area (TPSA) is 114 Å². The summed E-state index contributed by atoms with van der Waals surface area (Å²) in [4.78, 5) is 47.2. The molecule has 0 heterocycles. The zero-order valence-corrected chi connectivity index (χ0v) is 17.9. The SMILES string of the molecule is CC(C)(C)c1ccc(C(=O)NCCC(=O)OCC(=O)NC(=O)NC2CCCC2)cc1. The van der Waals surface area contributed by atoms with Crippen molar-refractivity contribution in [3.8, 4) is 0 Å². The molecule has 0 spiro atoms. The molecule has 2 rings (SSSR count). The standard InChI is InChI=1S/C22H31N3O5/c1-22(2,3)16-10-8-15(9-11-16)20(28)23-13-12-19(27)30-14-18(26)25-21(29)24-17-6-4-5-7-17/h8-11,17H,4-7,12-14H2,1-3H3,(H,23,28)(H2,24,25,26,29). The molecule has 0 bridgehead atoms. The van der Waals surface area contributed by atoms with E-state index in [1.807, 2.05) is 12.1 Å². The van der Waals surface area contributed by atoms with Gasteiger partial charge in [0.1, 0.15) is 0 Å². The van der Waals surface area contributed by atoms with E-state index in [0.29, 0.717) is 5.56 Å². The van der Waals surface area contributed by atoms with Crippen molar-refractivity contribution >= 4 is 23.8 Å². The third-order valence-electron chi connectivity index (χ3n) is 4.94. The lowest BCUT2D eigenvalue weighted by atomic mass is 9.87. The Morgan fingerprint density at radius 1 is 1.03 bits per heavy atom. The summed E-state index contributed by atoms with van der Waals surface area (Å²) >= 11 is 0. The van der Waals surface area contributed by atoms with Gasteiger partial charge in [0.2, 0.25) is 0 Å². The van der Waals surface area contributed by atoms with E-state index in [1.165, 1.54) is 0 Å². The molecule has 1 aliphatic carbocycles.